The van der Waals surface area contributed by atoms with E-state index in [0.29, 0.717) is 0 Å². The number of aromatic nitrogens is 1. The van der Waals surface area contributed by atoms with Crippen LogP contribution in [0.25, 0.3) is 0 Å². The largest absolute Gasteiger partial charge is 0.263 e. The molecule has 0 saturated carbocycles. The second kappa shape index (κ2) is 2.64. The van der Waals surface area contributed by atoms with E-state index in [1.54, 1.807) is 12.3 Å². The van der Waals surface area contributed by atoms with E-state index in [0.717, 1.165) is 5.56 Å². The van der Waals surface area contributed by atoms with Crippen LogP contribution in [0.5, 0.6) is 0 Å². The third-order valence-corrected chi connectivity index (χ3v) is 1.10. The molecule has 1 heterocycles. The average molecular weight is 140 g/mol. The van der Waals surface area contributed by atoms with Gasteiger partial charge in [0.1, 0.15) is 0 Å². The third kappa shape index (κ3) is 1.43. The van der Waals surface area contributed by atoms with Gasteiger partial charge in [-0.3, -0.25) is 10.4 Å². The smallest absolute Gasteiger partial charge is 0.183 e. The Labute approximate surface area is 58.3 Å². The molecular formula is C6H8N2O2. The normalized spacial score (nSPS) is 9.50. The van der Waals surface area contributed by atoms with Crippen molar-refractivity contribution in [3.8, 4) is 0 Å². The summed E-state index contributed by atoms with van der Waals surface area (Å²) in [5.74, 6) is 0.116. The molecule has 1 rings (SSSR count). The first kappa shape index (κ1) is 6.98. The highest BCUT2D eigenvalue weighted by atomic mass is 16.8. The monoisotopic (exact) mass is 140 g/mol. The molecule has 0 aliphatic rings. The van der Waals surface area contributed by atoms with Gasteiger partial charge in [-0.1, -0.05) is 6.07 Å². The fourth-order valence-corrected chi connectivity index (χ4v) is 0.578. The van der Waals surface area contributed by atoms with Gasteiger partial charge in [-0.2, -0.15) is 0 Å². The maximum atomic E-state index is 8.44. The predicted octanol–water partition coefficient (Wildman–Crippen LogP) is 0.975. The molecule has 0 atom stereocenters. The van der Waals surface area contributed by atoms with Gasteiger partial charge >= 0.3 is 0 Å². The molecule has 0 unspecified atom stereocenters. The number of pyridine rings is 1. The highest BCUT2D eigenvalue weighted by molar-refractivity contribution is 5.32. The molecule has 10 heavy (non-hydrogen) atoms. The summed E-state index contributed by atoms with van der Waals surface area (Å²) < 4.78 is 0. The molecule has 0 radical (unpaired) electrons. The predicted molar refractivity (Wildman–Crippen MR) is 35.0 cm³/mol. The zero-order valence-electron chi connectivity index (χ0n) is 5.52. The molecule has 0 saturated heterocycles. The molecule has 0 fully saturated rings. The van der Waals surface area contributed by atoms with Crippen LogP contribution in [0, 0.1) is 6.92 Å². The van der Waals surface area contributed by atoms with Crippen molar-refractivity contribution in [2.75, 3.05) is 5.23 Å². The minimum atomic E-state index is -0.0144. The van der Waals surface area contributed by atoms with Crippen molar-refractivity contribution in [2.45, 2.75) is 6.92 Å². The average Bonchev–Trinajstić information content (AvgIpc) is 1.88. The topological polar surface area (TPSA) is 56.6 Å². The van der Waals surface area contributed by atoms with Crippen LogP contribution >= 0.6 is 0 Å². The molecule has 1 aromatic heterocycles. The van der Waals surface area contributed by atoms with E-state index in [4.69, 9.17) is 10.4 Å². The number of hydrogen-bond donors (Lipinski definition) is 2. The highest BCUT2D eigenvalue weighted by Crippen LogP contribution is 2.05. The van der Waals surface area contributed by atoms with Gasteiger partial charge in [-0.15, -0.1) is 5.23 Å². The van der Waals surface area contributed by atoms with Gasteiger partial charge in [0.05, 0.1) is 0 Å². The Morgan fingerprint density at radius 2 is 2.10 bits per heavy atom. The lowest BCUT2D eigenvalue weighted by Gasteiger charge is -2.04. The third-order valence-electron chi connectivity index (χ3n) is 1.10. The maximum absolute atomic E-state index is 8.44. The molecule has 0 amide bonds. The van der Waals surface area contributed by atoms with Crippen LogP contribution in [0.1, 0.15) is 5.56 Å². The van der Waals surface area contributed by atoms with Crippen LogP contribution in [-0.4, -0.2) is 15.4 Å². The van der Waals surface area contributed by atoms with Gasteiger partial charge < -0.3 is 0 Å². The lowest BCUT2D eigenvalue weighted by Crippen LogP contribution is -2.12. The van der Waals surface area contributed by atoms with Crippen molar-refractivity contribution >= 4 is 5.82 Å². The summed E-state index contributed by atoms with van der Waals surface area (Å²) in [7, 11) is 0. The first-order chi connectivity index (χ1) is 4.70. The second-order valence-corrected chi connectivity index (χ2v) is 1.98. The van der Waals surface area contributed by atoms with Crippen molar-refractivity contribution in [2.24, 2.45) is 0 Å². The summed E-state index contributed by atoms with van der Waals surface area (Å²) in [5, 5.41) is 16.9. The molecule has 4 heteroatoms. The Hall–Kier alpha value is -1.13. The summed E-state index contributed by atoms with van der Waals surface area (Å²) >= 11 is 0. The number of rotatable bonds is 1. The van der Waals surface area contributed by atoms with E-state index < -0.39 is 0 Å². The van der Waals surface area contributed by atoms with Crippen molar-refractivity contribution in [1.82, 2.24) is 4.98 Å². The molecule has 1 aromatic rings. The highest BCUT2D eigenvalue weighted by Gasteiger charge is 1.96. The molecule has 4 nitrogen and oxygen atoms in total. The second-order valence-electron chi connectivity index (χ2n) is 1.98. The van der Waals surface area contributed by atoms with Crippen LogP contribution in [0.4, 0.5) is 5.82 Å². The van der Waals surface area contributed by atoms with Crippen LogP contribution < -0.4 is 5.23 Å². The molecule has 54 valence electrons. The minimum Gasteiger partial charge on any atom is -0.263 e. The zero-order valence-corrected chi connectivity index (χ0v) is 5.52. The molecule has 0 spiro atoms. The van der Waals surface area contributed by atoms with E-state index in [2.05, 4.69) is 4.98 Å². The van der Waals surface area contributed by atoms with Crippen molar-refractivity contribution in [3.63, 3.8) is 0 Å². The van der Waals surface area contributed by atoms with Crippen LogP contribution in [-0.2, 0) is 0 Å². The quantitative estimate of drug-likeness (QED) is 0.571. The molecule has 0 aliphatic carbocycles. The summed E-state index contributed by atoms with van der Waals surface area (Å²) in [5.41, 5.74) is 0.977. The SMILES string of the molecule is Cc1ccc(N(O)O)nc1. The fraction of sp³-hybridized carbons (Fsp3) is 0.167. The maximum Gasteiger partial charge on any atom is 0.183 e. The van der Waals surface area contributed by atoms with Gasteiger partial charge in [0.2, 0.25) is 0 Å². The van der Waals surface area contributed by atoms with Gasteiger partial charge in [0.15, 0.2) is 5.82 Å². The van der Waals surface area contributed by atoms with Crippen LogP contribution in [0.15, 0.2) is 18.3 Å². The molecule has 0 aromatic carbocycles. The fourth-order valence-electron chi connectivity index (χ4n) is 0.578. The molecule has 2 N–H and O–H groups in total. The summed E-state index contributed by atoms with van der Waals surface area (Å²) in [4.78, 5) is 3.70. The first-order valence-corrected chi connectivity index (χ1v) is 2.80. The van der Waals surface area contributed by atoms with E-state index in [-0.39, 0.29) is 11.0 Å². The number of aryl methyl sites for hydroxylation is 1. The standard InChI is InChI=1S/C6H8N2O2/c1-5-2-3-6(7-4-5)8(9)10/h2-4,9-10H,1H3. The summed E-state index contributed by atoms with van der Waals surface area (Å²) in [6, 6.07) is 3.25. The molecular weight excluding hydrogens is 132 g/mol. The Kier molecular flexibility index (Phi) is 1.84. The van der Waals surface area contributed by atoms with Crippen LogP contribution in [0.3, 0.4) is 0 Å². The van der Waals surface area contributed by atoms with Crippen molar-refractivity contribution in [3.05, 3.63) is 23.9 Å². The Balaban J connectivity index is 2.89. The minimum absolute atomic E-state index is 0.0144. The Bertz CT molecular complexity index is 207. The Morgan fingerprint density at radius 1 is 1.40 bits per heavy atom. The first-order valence-electron chi connectivity index (χ1n) is 2.80. The summed E-state index contributed by atoms with van der Waals surface area (Å²) in [6.45, 7) is 1.87. The van der Waals surface area contributed by atoms with Gasteiger partial charge in [-0.25, -0.2) is 4.98 Å². The number of anilines is 1. The van der Waals surface area contributed by atoms with E-state index in [1.165, 1.54) is 6.07 Å². The van der Waals surface area contributed by atoms with E-state index >= 15 is 0 Å². The number of nitrogens with zero attached hydrogens (tertiary/aromatic N) is 2. The van der Waals surface area contributed by atoms with Crippen molar-refractivity contribution in [1.29, 1.82) is 0 Å². The van der Waals surface area contributed by atoms with Crippen molar-refractivity contribution < 1.29 is 10.4 Å². The zero-order chi connectivity index (χ0) is 7.56. The van der Waals surface area contributed by atoms with Crippen LogP contribution in [0.2, 0.25) is 0 Å². The lowest BCUT2D eigenvalue weighted by molar-refractivity contribution is 0.0267. The van der Waals surface area contributed by atoms with Gasteiger partial charge in [-0.05, 0) is 18.6 Å². The van der Waals surface area contributed by atoms with E-state index in [1.807, 2.05) is 6.92 Å². The van der Waals surface area contributed by atoms with Gasteiger partial charge in [0.25, 0.3) is 0 Å². The molecule has 0 bridgehead atoms. The molecule has 0 aliphatic heterocycles. The summed E-state index contributed by atoms with van der Waals surface area (Å²) in [6.07, 6.45) is 1.55. The van der Waals surface area contributed by atoms with E-state index in [9.17, 15) is 0 Å². The number of hydrogen-bond acceptors (Lipinski definition) is 4. The lowest BCUT2D eigenvalue weighted by atomic mass is 10.3. The van der Waals surface area contributed by atoms with Gasteiger partial charge in [0, 0.05) is 6.20 Å². The Morgan fingerprint density at radius 3 is 2.50 bits per heavy atom.